The van der Waals surface area contributed by atoms with Gasteiger partial charge in [-0.25, -0.2) is 0 Å². The fourth-order valence-corrected chi connectivity index (χ4v) is 2.34. The lowest BCUT2D eigenvalue weighted by atomic mass is 10.2. The predicted molar refractivity (Wildman–Crippen MR) is 83.0 cm³/mol. The third-order valence-electron chi connectivity index (χ3n) is 2.53. The summed E-state index contributed by atoms with van der Waals surface area (Å²) in [5.74, 6) is 1.86. The summed E-state index contributed by atoms with van der Waals surface area (Å²) in [6.07, 6.45) is 0. The second-order valence-electron chi connectivity index (χ2n) is 4.81. The van der Waals surface area contributed by atoms with Crippen molar-refractivity contribution in [3.05, 3.63) is 22.2 Å². The fourth-order valence-electron chi connectivity index (χ4n) is 1.74. The van der Waals surface area contributed by atoms with Crippen molar-refractivity contribution >= 4 is 15.9 Å². The van der Waals surface area contributed by atoms with E-state index in [2.05, 4.69) is 35.1 Å². The number of nitrogens with zero attached hydrogens (tertiary/aromatic N) is 1. The SMILES string of the molecule is CCOc1cc(CNCC(C)C)cc(Br)c1OCC#N. The number of nitriles is 1. The summed E-state index contributed by atoms with van der Waals surface area (Å²) in [6, 6.07) is 5.90. The Hall–Kier alpha value is -1.25. The van der Waals surface area contributed by atoms with E-state index in [9.17, 15) is 0 Å². The molecule has 110 valence electrons. The Kier molecular flexibility index (Phi) is 7.42. The maximum absolute atomic E-state index is 8.62. The first-order chi connectivity index (χ1) is 9.58. The molecule has 0 aliphatic carbocycles. The van der Waals surface area contributed by atoms with Crippen molar-refractivity contribution in [2.45, 2.75) is 27.3 Å². The van der Waals surface area contributed by atoms with E-state index in [1.165, 1.54) is 0 Å². The number of rotatable bonds is 8. The largest absolute Gasteiger partial charge is 0.490 e. The first-order valence-electron chi connectivity index (χ1n) is 6.74. The molecule has 0 saturated heterocycles. The van der Waals surface area contributed by atoms with Gasteiger partial charge in [-0.15, -0.1) is 0 Å². The highest BCUT2D eigenvalue weighted by Gasteiger charge is 2.12. The summed E-state index contributed by atoms with van der Waals surface area (Å²) in [7, 11) is 0. The molecule has 0 bridgehead atoms. The average molecular weight is 341 g/mol. The highest BCUT2D eigenvalue weighted by atomic mass is 79.9. The molecule has 0 radical (unpaired) electrons. The summed E-state index contributed by atoms with van der Waals surface area (Å²) in [6.45, 7) is 8.57. The summed E-state index contributed by atoms with van der Waals surface area (Å²) < 4.78 is 11.8. The van der Waals surface area contributed by atoms with Gasteiger partial charge in [-0.1, -0.05) is 13.8 Å². The minimum absolute atomic E-state index is 0.00359. The molecule has 20 heavy (non-hydrogen) atoms. The van der Waals surface area contributed by atoms with Gasteiger partial charge >= 0.3 is 0 Å². The first kappa shape index (κ1) is 16.8. The van der Waals surface area contributed by atoms with Crippen molar-refractivity contribution in [3.63, 3.8) is 0 Å². The molecule has 0 spiro atoms. The summed E-state index contributed by atoms with van der Waals surface area (Å²) in [5.41, 5.74) is 1.12. The van der Waals surface area contributed by atoms with E-state index in [1.54, 1.807) is 0 Å². The van der Waals surface area contributed by atoms with E-state index < -0.39 is 0 Å². The highest BCUT2D eigenvalue weighted by molar-refractivity contribution is 9.10. The van der Waals surface area contributed by atoms with E-state index in [1.807, 2.05) is 25.1 Å². The Morgan fingerprint density at radius 1 is 1.35 bits per heavy atom. The molecule has 0 aromatic heterocycles. The molecule has 0 saturated carbocycles. The maximum atomic E-state index is 8.62. The smallest absolute Gasteiger partial charge is 0.176 e. The van der Waals surface area contributed by atoms with Crippen LogP contribution in [0.5, 0.6) is 11.5 Å². The van der Waals surface area contributed by atoms with Crippen LogP contribution in [0, 0.1) is 17.2 Å². The Labute approximate surface area is 129 Å². The van der Waals surface area contributed by atoms with Crippen LogP contribution in [0.4, 0.5) is 0 Å². The van der Waals surface area contributed by atoms with Gasteiger partial charge < -0.3 is 14.8 Å². The molecule has 1 aromatic carbocycles. The molecule has 1 N–H and O–H groups in total. The molecule has 1 aromatic rings. The molecule has 5 heteroatoms. The van der Waals surface area contributed by atoms with Crippen molar-refractivity contribution in [3.8, 4) is 17.6 Å². The lowest BCUT2D eigenvalue weighted by molar-refractivity contribution is 0.297. The van der Waals surface area contributed by atoms with Gasteiger partial charge in [0.15, 0.2) is 18.1 Å². The normalized spacial score (nSPS) is 10.4. The van der Waals surface area contributed by atoms with Crippen LogP contribution >= 0.6 is 15.9 Å². The fraction of sp³-hybridized carbons (Fsp3) is 0.533. The first-order valence-corrected chi connectivity index (χ1v) is 7.53. The zero-order valence-electron chi connectivity index (χ0n) is 12.2. The number of hydrogen-bond acceptors (Lipinski definition) is 4. The van der Waals surface area contributed by atoms with E-state index >= 15 is 0 Å². The monoisotopic (exact) mass is 340 g/mol. The Morgan fingerprint density at radius 2 is 2.10 bits per heavy atom. The van der Waals surface area contributed by atoms with Gasteiger partial charge in [-0.2, -0.15) is 5.26 Å². The van der Waals surface area contributed by atoms with Crippen LogP contribution in [0.15, 0.2) is 16.6 Å². The average Bonchev–Trinajstić information content (AvgIpc) is 2.38. The molecule has 0 fully saturated rings. The van der Waals surface area contributed by atoms with Gasteiger partial charge in [0.05, 0.1) is 11.1 Å². The molecule has 1 rings (SSSR count). The molecule has 0 aliphatic rings. The van der Waals surface area contributed by atoms with E-state index in [0.717, 1.165) is 23.1 Å². The second kappa shape index (κ2) is 8.83. The van der Waals surface area contributed by atoms with Gasteiger partial charge in [0, 0.05) is 6.54 Å². The number of ether oxygens (including phenoxy) is 2. The summed E-state index contributed by atoms with van der Waals surface area (Å²) in [5, 5.41) is 12.0. The topological polar surface area (TPSA) is 54.3 Å². The Bertz CT molecular complexity index is 470. The molecule has 0 aliphatic heterocycles. The van der Waals surface area contributed by atoms with Crippen LogP contribution in [-0.4, -0.2) is 19.8 Å². The summed E-state index contributed by atoms with van der Waals surface area (Å²) >= 11 is 3.48. The molecule has 0 unspecified atom stereocenters. The minimum Gasteiger partial charge on any atom is -0.490 e. The minimum atomic E-state index is 0.00359. The van der Waals surface area contributed by atoms with Crippen molar-refractivity contribution < 1.29 is 9.47 Å². The zero-order chi connectivity index (χ0) is 15.0. The molecular weight excluding hydrogens is 320 g/mol. The molecular formula is C15H21BrN2O2. The van der Waals surface area contributed by atoms with Gasteiger partial charge in [0.25, 0.3) is 0 Å². The molecule has 0 amide bonds. The van der Waals surface area contributed by atoms with Crippen molar-refractivity contribution in [2.24, 2.45) is 5.92 Å². The van der Waals surface area contributed by atoms with Crippen LogP contribution in [0.3, 0.4) is 0 Å². The quantitative estimate of drug-likeness (QED) is 0.786. The summed E-state index contributed by atoms with van der Waals surface area (Å²) in [4.78, 5) is 0. The molecule has 4 nitrogen and oxygen atoms in total. The van der Waals surface area contributed by atoms with Gasteiger partial charge in [-0.3, -0.25) is 0 Å². The van der Waals surface area contributed by atoms with E-state index in [0.29, 0.717) is 24.0 Å². The highest BCUT2D eigenvalue weighted by Crippen LogP contribution is 2.36. The third-order valence-corrected chi connectivity index (χ3v) is 3.12. The van der Waals surface area contributed by atoms with Crippen LogP contribution in [0.1, 0.15) is 26.3 Å². The number of nitrogens with one attached hydrogen (secondary N) is 1. The standard InChI is InChI=1S/C15H21BrN2O2/c1-4-19-14-8-12(10-18-9-11(2)3)7-13(16)15(14)20-6-5-17/h7-8,11,18H,4,6,9-10H2,1-3H3. The number of halogens is 1. The van der Waals surface area contributed by atoms with Crippen LogP contribution < -0.4 is 14.8 Å². The molecule has 0 heterocycles. The number of hydrogen-bond donors (Lipinski definition) is 1. The second-order valence-corrected chi connectivity index (χ2v) is 5.66. The van der Waals surface area contributed by atoms with Gasteiger partial charge in [-0.05, 0) is 53.0 Å². The van der Waals surface area contributed by atoms with Crippen LogP contribution in [0.25, 0.3) is 0 Å². The van der Waals surface area contributed by atoms with E-state index in [-0.39, 0.29) is 6.61 Å². The predicted octanol–water partition coefficient (Wildman–Crippen LogP) is 3.50. The molecule has 0 atom stereocenters. The van der Waals surface area contributed by atoms with Crippen molar-refractivity contribution in [2.75, 3.05) is 19.8 Å². The lowest BCUT2D eigenvalue weighted by Gasteiger charge is -2.15. The Morgan fingerprint density at radius 3 is 2.70 bits per heavy atom. The van der Waals surface area contributed by atoms with Crippen LogP contribution in [0.2, 0.25) is 0 Å². The van der Waals surface area contributed by atoms with E-state index in [4.69, 9.17) is 14.7 Å². The third kappa shape index (κ3) is 5.40. The van der Waals surface area contributed by atoms with Crippen LogP contribution in [-0.2, 0) is 6.54 Å². The number of benzene rings is 1. The zero-order valence-corrected chi connectivity index (χ0v) is 13.8. The lowest BCUT2D eigenvalue weighted by Crippen LogP contribution is -2.19. The maximum Gasteiger partial charge on any atom is 0.176 e. The van der Waals surface area contributed by atoms with Crippen molar-refractivity contribution in [1.29, 1.82) is 5.26 Å². The van der Waals surface area contributed by atoms with Gasteiger partial charge in [0.1, 0.15) is 6.07 Å². The Balaban J connectivity index is 2.85. The van der Waals surface area contributed by atoms with Crippen molar-refractivity contribution in [1.82, 2.24) is 5.32 Å². The van der Waals surface area contributed by atoms with Gasteiger partial charge in [0.2, 0.25) is 0 Å².